The van der Waals surface area contributed by atoms with Gasteiger partial charge in [0, 0.05) is 16.7 Å². The predicted octanol–water partition coefficient (Wildman–Crippen LogP) is 2.50. The molecule has 114 valence electrons. The Labute approximate surface area is 132 Å². The van der Waals surface area contributed by atoms with Crippen molar-refractivity contribution in [2.45, 2.75) is 12.8 Å². The zero-order valence-corrected chi connectivity index (χ0v) is 12.9. The first-order valence-corrected chi connectivity index (χ1v) is 7.19. The van der Waals surface area contributed by atoms with Gasteiger partial charge in [-0.05, 0) is 24.6 Å². The molecule has 0 saturated carbocycles. The van der Waals surface area contributed by atoms with Gasteiger partial charge < -0.3 is 9.47 Å². The van der Waals surface area contributed by atoms with Gasteiger partial charge in [-0.3, -0.25) is 9.79 Å². The first-order chi connectivity index (χ1) is 10.5. The van der Waals surface area contributed by atoms with Gasteiger partial charge in [0.2, 0.25) is 0 Å². The molecule has 0 aliphatic carbocycles. The van der Waals surface area contributed by atoms with Crippen molar-refractivity contribution in [3.63, 3.8) is 0 Å². The minimum atomic E-state index is -0.643. The average molecular weight is 320 g/mol. The third kappa shape index (κ3) is 2.31. The fraction of sp³-hybridized carbons (Fsp3) is 0.312. The lowest BCUT2D eigenvalue weighted by molar-refractivity contribution is -0.143. The molecule has 1 aromatic rings. The van der Waals surface area contributed by atoms with Crippen LogP contribution in [0.15, 0.2) is 40.5 Å². The molecule has 0 radical (unpaired) electrons. The van der Waals surface area contributed by atoms with Gasteiger partial charge in [-0.25, -0.2) is 4.79 Å². The van der Waals surface area contributed by atoms with Crippen molar-refractivity contribution in [1.29, 1.82) is 0 Å². The molecule has 5 nitrogen and oxygen atoms in total. The zero-order valence-electron chi connectivity index (χ0n) is 12.1. The van der Waals surface area contributed by atoms with Crippen LogP contribution >= 0.6 is 11.6 Å². The first kappa shape index (κ1) is 14.8. The monoisotopic (exact) mass is 319 g/mol. The van der Waals surface area contributed by atoms with E-state index in [1.54, 1.807) is 31.2 Å². The van der Waals surface area contributed by atoms with Gasteiger partial charge in [0.05, 0.1) is 18.4 Å². The molecule has 2 unspecified atom stereocenters. The average Bonchev–Trinajstić information content (AvgIpc) is 2.87. The van der Waals surface area contributed by atoms with E-state index in [4.69, 9.17) is 21.1 Å². The van der Waals surface area contributed by atoms with Gasteiger partial charge >= 0.3 is 11.9 Å². The van der Waals surface area contributed by atoms with Crippen LogP contribution in [-0.2, 0) is 19.1 Å². The lowest BCUT2D eigenvalue weighted by Gasteiger charge is -2.28. The van der Waals surface area contributed by atoms with E-state index in [0.717, 1.165) is 5.56 Å². The minimum Gasteiger partial charge on any atom is -0.468 e. The molecule has 2 aliphatic heterocycles. The predicted molar refractivity (Wildman–Crippen MR) is 80.8 cm³/mol. The summed E-state index contributed by atoms with van der Waals surface area (Å²) in [6.07, 6.45) is 0. The van der Waals surface area contributed by atoms with Gasteiger partial charge in [-0.1, -0.05) is 23.7 Å². The molecule has 2 heterocycles. The third-order valence-corrected chi connectivity index (χ3v) is 4.21. The fourth-order valence-corrected chi connectivity index (χ4v) is 3.09. The summed E-state index contributed by atoms with van der Waals surface area (Å²) in [4.78, 5) is 28.7. The molecule has 0 aromatic heterocycles. The van der Waals surface area contributed by atoms with Gasteiger partial charge in [-0.2, -0.15) is 0 Å². The maximum Gasteiger partial charge on any atom is 0.337 e. The van der Waals surface area contributed by atoms with Crippen LogP contribution in [0.3, 0.4) is 0 Å². The van der Waals surface area contributed by atoms with E-state index in [0.29, 0.717) is 22.0 Å². The Morgan fingerprint density at radius 2 is 2.05 bits per heavy atom. The van der Waals surface area contributed by atoms with E-state index in [1.165, 1.54) is 7.11 Å². The van der Waals surface area contributed by atoms with Crippen LogP contribution in [-0.4, -0.2) is 31.4 Å². The number of carbonyl (C=O) groups excluding carboxylic acids is 2. The van der Waals surface area contributed by atoms with E-state index in [9.17, 15) is 9.59 Å². The molecule has 0 bridgehead atoms. The van der Waals surface area contributed by atoms with Crippen molar-refractivity contribution in [2.24, 2.45) is 10.9 Å². The van der Waals surface area contributed by atoms with Crippen molar-refractivity contribution < 1.29 is 19.1 Å². The van der Waals surface area contributed by atoms with Crippen LogP contribution < -0.4 is 0 Å². The van der Waals surface area contributed by atoms with E-state index < -0.39 is 23.8 Å². The molecule has 0 amide bonds. The van der Waals surface area contributed by atoms with Crippen molar-refractivity contribution >= 4 is 29.3 Å². The molecule has 2 atom stereocenters. The Balaban J connectivity index is 2.15. The highest BCUT2D eigenvalue weighted by molar-refractivity contribution is 6.30. The summed E-state index contributed by atoms with van der Waals surface area (Å²) in [5.41, 5.74) is 2.44. The Hall–Kier alpha value is -2.14. The Morgan fingerprint density at radius 3 is 2.68 bits per heavy atom. The standard InChI is InChI=1S/C16H14ClNO4/c1-8-12(15(19)21-2)13(9-3-5-10(17)6-4-9)14-11(18-8)7-22-16(14)20/h3-6,12-13H,7H2,1-2H3. The Morgan fingerprint density at radius 1 is 1.36 bits per heavy atom. The van der Waals surface area contributed by atoms with Crippen molar-refractivity contribution in [3.8, 4) is 0 Å². The number of hydrogen-bond acceptors (Lipinski definition) is 5. The number of aliphatic imine (C=N–C) groups is 1. The van der Waals surface area contributed by atoms with E-state index in [-0.39, 0.29) is 6.61 Å². The van der Waals surface area contributed by atoms with Crippen LogP contribution in [0.25, 0.3) is 0 Å². The first-order valence-electron chi connectivity index (χ1n) is 6.81. The summed E-state index contributed by atoms with van der Waals surface area (Å²) >= 11 is 5.93. The largest absolute Gasteiger partial charge is 0.468 e. The number of esters is 2. The van der Waals surface area contributed by atoms with Crippen molar-refractivity contribution in [2.75, 3.05) is 13.7 Å². The number of hydrogen-bond donors (Lipinski definition) is 0. The smallest absolute Gasteiger partial charge is 0.337 e. The summed E-state index contributed by atoms with van der Waals surface area (Å²) in [7, 11) is 1.32. The van der Waals surface area contributed by atoms with Gasteiger partial charge in [0.15, 0.2) is 0 Å². The lowest BCUT2D eigenvalue weighted by atomic mass is 9.76. The van der Waals surface area contributed by atoms with Crippen molar-refractivity contribution in [3.05, 3.63) is 46.1 Å². The molecule has 3 rings (SSSR count). The number of benzene rings is 1. The highest BCUT2D eigenvalue weighted by Crippen LogP contribution is 2.42. The molecule has 22 heavy (non-hydrogen) atoms. The summed E-state index contributed by atoms with van der Waals surface area (Å²) < 4.78 is 9.99. The number of rotatable bonds is 2. The minimum absolute atomic E-state index is 0.142. The maximum atomic E-state index is 12.2. The topological polar surface area (TPSA) is 65.0 Å². The van der Waals surface area contributed by atoms with Crippen LogP contribution in [0.5, 0.6) is 0 Å². The van der Waals surface area contributed by atoms with E-state index in [2.05, 4.69) is 4.99 Å². The number of cyclic esters (lactones) is 1. The fourth-order valence-electron chi connectivity index (χ4n) is 2.96. The Kier molecular flexibility index (Phi) is 3.74. The van der Waals surface area contributed by atoms with E-state index >= 15 is 0 Å². The zero-order chi connectivity index (χ0) is 15.9. The second kappa shape index (κ2) is 5.57. The highest BCUT2D eigenvalue weighted by Gasteiger charge is 2.45. The molecule has 0 spiro atoms. The summed E-state index contributed by atoms with van der Waals surface area (Å²) in [6.45, 7) is 1.90. The van der Waals surface area contributed by atoms with Gasteiger partial charge in [0.25, 0.3) is 0 Å². The molecule has 2 aliphatic rings. The molecule has 6 heteroatoms. The van der Waals surface area contributed by atoms with Gasteiger partial charge in [0.1, 0.15) is 12.5 Å². The second-order valence-electron chi connectivity index (χ2n) is 5.22. The van der Waals surface area contributed by atoms with E-state index in [1.807, 2.05) is 0 Å². The van der Waals surface area contributed by atoms with Gasteiger partial charge in [-0.15, -0.1) is 0 Å². The van der Waals surface area contributed by atoms with Crippen LogP contribution in [0.2, 0.25) is 5.02 Å². The van der Waals surface area contributed by atoms with Crippen LogP contribution in [0.1, 0.15) is 18.4 Å². The number of carbonyl (C=O) groups is 2. The number of ether oxygens (including phenoxy) is 2. The van der Waals surface area contributed by atoms with Crippen LogP contribution in [0.4, 0.5) is 0 Å². The highest BCUT2D eigenvalue weighted by atomic mass is 35.5. The molecule has 1 aromatic carbocycles. The van der Waals surface area contributed by atoms with Crippen LogP contribution in [0, 0.1) is 5.92 Å². The number of methoxy groups -OCH3 is 1. The quantitative estimate of drug-likeness (QED) is 0.786. The maximum absolute atomic E-state index is 12.2. The second-order valence-corrected chi connectivity index (χ2v) is 5.66. The lowest BCUT2D eigenvalue weighted by Crippen LogP contribution is -2.34. The number of halogens is 1. The molecular weight excluding hydrogens is 306 g/mol. The summed E-state index contributed by atoms with van der Waals surface area (Å²) in [5, 5.41) is 0.586. The SMILES string of the molecule is COC(=O)C1C(C)=NC2=C(C(=O)OC2)C1c1ccc(Cl)cc1. The normalized spacial score (nSPS) is 23.8. The summed E-state index contributed by atoms with van der Waals surface area (Å²) in [5.74, 6) is -1.96. The molecule has 0 saturated heterocycles. The Bertz CT molecular complexity index is 705. The molecular formula is C16H14ClNO4. The van der Waals surface area contributed by atoms with Crippen molar-refractivity contribution in [1.82, 2.24) is 0 Å². The third-order valence-electron chi connectivity index (χ3n) is 3.96. The molecule has 0 fully saturated rings. The number of nitrogens with zero attached hydrogens (tertiary/aromatic N) is 1. The molecule has 0 N–H and O–H groups in total. The summed E-state index contributed by atoms with van der Waals surface area (Å²) in [6, 6.07) is 7.06.